The number of carbonyl (C=O) groups excluding carboxylic acids is 2. The van der Waals surface area contributed by atoms with E-state index in [9.17, 15) is 9.59 Å². The molecule has 0 spiro atoms. The highest BCUT2D eigenvalue weighted by Crippen LogP contribution is 2.19. The van der Waals surface area contributed by atoms with Crippen LogP contribution in [-0.4, -0.2) is 36.1 Å². The Hall–Kier alpha value is -3.45. The van der Waals surface area contributed by atoms with Gasteiger partial charge < -0.3 is 19.8 Å². The predicted octanol–water partition coefficient (Wildman–Crippen LogP) is 3.43. The van der Waals surface area contributed by atoms with Crippen LogP contribution in [0.4, 0.5) is 5.69 Å². The van der Waals surface area contributed by atoms with Gasteiger partial charge in [-0.05, 0) is 37.1 Å². The summed E-state index contributed by atoms with van der Waals surface area (Å²) in [5, 5.41) is 5.69. The van der Waals surface area contributed by atoms with Crippen LogP contribution in [0.15, 0.2) is 65.3 Å². The lowest BCUT2D eigenvalue weighted by Gasteiger charge is -2.13. The number of anilines is 1. The van der Waals surface area contributed by atoms with E-state index in [2.05, 4.69) is 15.6 Å². The molecule has 1 saturated heterocycles. The quantitative estimate of drug-likeness (QED) is 0.628. The van der Waals surface area contributed by atoms with Crippen LogP contribution in [0.3, 0.4) is 0 Å². The second kappa shape index (κ2) is 9.37. The minimum Gasteiger partial charge on any atom is -0.444 e. The summed E-state index contributed by atoms with van der Waals surface area (Å²) in [6.07, 6.45) is 3.54. The van der Waals surface area contributed by atoms with Crippen molar-refractivity contribution in [3.8, 4) is 11.5 Å². The Balaban J connectivity index is 1.37. The number of hydrogen-bond donors (Lipinski definition) is 2. The Kier molecular flexibility index (Phi) is 6.20. The molecule has 0 unspecified atom stereocenters. The van der Waals surface area contributed by atoms with Gasteiger partial charge in [0.25, 0.3) is 5.91 Å². The molecule has 1 fully saturated rings. The summed E-state index contributed by atoms with van der Waals surface area (Å²) in [4.78, 5) is 29.5. The number of hydrogen-bond acceptors (Lipinski definition) is 5. The Labute approximate surface area is 174 Å². The summed E-state index contributed by atoms with van der Waals surface area (Å²) in [6.45, 7) is 1.20. The van der Waals surface area contributed by atoms with Crippen LogP contribution in [0.5, 0.6) is 0 Å². The molecule has 7 heteroatoms. The summed E-state index contributed by atoms with van der Waals surface area (Å²) in [5.41, 5.74) is 2.23. The molecule has 7 nitrogen and oxygen atoms in total. The van der Waals surface area contributed by atoms with E-state index in [4.69, 9.17) is 9.15 Å². The molecule has 154 valence electrons. The Morgan fingerprint density at radius 3 is 2.67 bits per heavy atom. The zero-order valence-electron chi connectivity index (χ0n) is 16.5. The molecule has 30 heavy (non-hydrogen) atoms. The number of para-hydroxylation sites is 1. The predicted molar refractivity (Wildman–Crippen MR) is 112 cm³/mol. The van der Waals surface area contributed by atoms with E-state index in [-0.39, 0.29) is 24.3 Å². The number of rotatable bonds is 7. The van der Waals surface area contributed by atoms with Crippen molar-refractivity contribution >= 4 is 17.5 Å². The maximum absolute atomic E-state index is 12.6. The fraction of sp³-hybridized carbons (Fsp3) is 0.261. The van der Waals surface area contributed by atoms with Crippen molar-refractivity contribution in [2.45, 2.75) is 25.4 Å². The lowest BCUT2D eigenvalue weighted by Crippen LogP contribution is -2.32. The van der Waals surface area contributed by atoms with Gasteiger partial charge in [-0.25, -0.2) is 4.98 Å². The largest absolute Gasteiger partial charge is 0.444 e. The minimum atomic E-state index is -0.276. The number of amides is 2. The molecule has 4 rings (SSSR count). The lowest BCUT2D eigenvalue weighted by molar-refractivity contribution is -0.115. The molecule has 0 radical (unpaired) electrons. The van der Waals surface area contributed by atoms with E-state index >= 15 is 0 Å². The van der Waals surface area contributed by atoms with E-state index in [0.29, 0.717) is 29.4 Å². The molecular weight excluding hydrogens is 382 g/mol. The third-order valence-corrected chi connectivity index (χ3v) is 4.87. The molecule has 0 bridgehead atoms. The van der Waals surface area contributed by atoms with E-state index in [1.54, 1.807) is 24.3 Å². The van der Waals surface area contributed by atoms with Gasteiger partial charge in [0.15, 0.2) is 0 Å². The lowest BCUT2D eigenvalue weighted by atomic mass is 10.1. The van der Waals surface area contributed by atoms with Gasteiger partial charge in [-0.2, -0.15) is 0 Å². The van der Waals surface area contributed by atoms with Crippen molar-refractivity contribution in [2.24, 2.45) is 0 Å². The monoisotopic (exact) mass is 405 g/mol. The van der Waals surface area contributed by atoms with E-state index in [1.165, 1.54) is 6.26 Å². The Morgan fingerprint density at radius 2 is 1.87 bits per heavy atom. The maximum atomic E-state index is 12.6. The van der Waals surface area contributed by atoms with E-state index < -0.39 is 0 Å². The summed E-state index contributed by atoms with van der Waals surface area (Å²) in [6, 6.07) is 16.4. The molecule has 2 aromatic carbocycles. The van der Waals surface area contributed by atoms with Gasteiger partial charge in [0, 0.05) is 18.7 Å². The standard InChI is InChI=1S/C23H23N3O4/c27-21(13-17-15-30-23(25-17)16-7-2-1-3-8-16)26-20-11-5-4-10-19(20)22(28)24-14-18-9-6-12-29-18/h1-5,7-8,10-11,15,18H,6,9,12-14H2,(H,24,28)(H,26,27)/t18-/m1/s1. The highest BCUT2D eigenvalue weighted by molar-refractivity contribution is 6.04. The highest BCUT2D eigenvalue weighted by Gasteiger charge is 2.19. The second-order valence-corrected chi connectivity index (χ2v) is 7.13. The molecule has 2 N–H and O–H groups in total. The molecule has 2 amide bonds. The number of carbonyl (C=O) groups is 2. The smallest absolute Gasteiger partial charge is 0.253 e. The van der Waals surface area contributed by atoms with Crippen molar-refractivity contribution in [3.05, 3.63) is 72.1 Å². The first-order valence-corrected chi connectivity index (χ1v) is 9.97. The van der Waals surface area contributed by atoms with Crippen molar-refractivity contribution < 1.29 is 18.7 Å². The summed E-state index contributed by atoms with van der Waals surface area (Å²) >= 11 is 0. The molecule has 2 heterocycles. The van der Waals surface area contributed by atoms with Crippen LogP contribution in [0.25, 0.3) is 11.5 Å². The third-order valence-electron chi connectivity index (χ3n) is 4.87. The topological polar surface area (TPSA) is 93.5 Å². The zero-order chi connectivity index (χ0) is 20.8. The molecule has 1 aliphatic rings. The number of oxazole rings is 1. The summed E-state index contributed by atoms with van der Waals surface area (Å²) in [5.74, 6) is -0.0520. The molecule has 1 atom stereocenters. The number of aromatic nitrogens is 1. The highest BCUT2D eigenvalue weighted by atomic mass is 16.5. The maximum Gasteiger partial charge on any atom is 0.253 e. The fourth-order valence-corrected chi connectivity index (χ4v) is 3.36. The van der Waals surface area contributed by atoms with Crippen LogP contribution in [0, 0.1) is 0 Å². The van der Waals surface area contributed by atoms with Gasteiger partial charge in [-0.3, -0.25) is 9.59 Å². The summed E-state index contributed by atoms with van der Waals surface area (Å²) in [7, 11) is 0. The molecule has 0 saturated carbocycles. The SMILES string of the molecule is O=C(Cc1coc(-c2ccccc2)n1)Nc1ccccc1C(=O)NC[C@H]1CCCO1. The molecular formula is C23H23N3O4. The second-order valence-electron chi connectivity index (χ2n) is 7.13. The molecule has 1 aromatic heterocycles. The van der Waals surface area contributed by atoms with Crippen molar-refractivity contribution in [2.75, 3.05) is 18.5 Å². The van der Waals surface area contributed by atoms with Crippen molar-refractivity contribution in [3.63, 3.8) is 0 Å². The number of ether oxygens (including phenoxy) is 1. The minimum absolute atomic E-state index is 0.0439. The van der Waals surface area contributed by atoms with Crippen molar-refractivity contribution in [1.82, 2.24) is 10.3 Å². The van der Waals surface area contributed by atoms with Crippen molar-refractivity contribution in [1.29, 1.82) is 0 Å². The average molecular weight is 405 g/mol. The van der Waals surface area contributed by atoms with E-state index in [1.807, 2.05) is 30.3 Å². The first kappa shape index (κ1) is 19.8. The zero-order valence-corrected chi connectivity index (χ0v) is 16.5. The number of benzene rings is 2. The van der Waals surface area contributed by atoms with Crippen LogP contribution in [0.2, 0.25) is 0 Å². The first-order valence-electron chi connectivity index (χ1n) is 9.97. The Morgan fingerprint density at radius 1 is 1.07 bits per heavy atom. The van der Waals surface area contributed by atoms with Crippen LogP contribution < -0.4 is 10.6 Å². The normalized spacial score (nSPS) is 15.7. The van der Waals surface area contributed by atoms with E-state index in [0.717, 1.165) is 25.0 Å². The summed E-state index contributed by atoms with van der Waals surface area (Å²) < 4.78 is 11.0. The molecule has 0 aliphatic carbocycles. The van der Waals surface area contributed by atoms with Gasteiger partial charge in [0.05, 0.1) is 29.5 Å². The van der Waals surface area contributed by atoms with Gasteiger partial charge in [0.1, 0.15) is 6.26 Å². The van der Waals surface area contributed by atoms with Gasteiger partial charge >= 0.3 is 0 Å². The number of nitrogens with one attached hydrogen (secondary N) is 2. The number of nitrogens with zero attached hydrogens (tertiary/aromatic N) is 1. The first-order chi connectivity index (χ1) is 14.7. The van der Waals surface area contributed by atoms with Gasteiger partial charge in [-0.15, -0.1) is 0 Å². The average Bonchev–Trinajstić information content (AvgIpc) is 3.45. The fourth-order valence-electron chi connectivity index (χ4n) is 3.36. The Bertz CT molecular complexity index is 1010. The van der Waals surface area contributed by atoms with Gasteiger partial charge in [0.2, 0.25) is 11.8 Å². The third kappa shape index (κ3) is 4.93. The van der Waals surface area contributed by atoms with Crippen LogP contribution in [-0.2, 0) is 16.0 Å². The van der Waals surface area contributed by atoms with Crippen LogP contribution >= 0.6 is 0 Å². The molecule has 3 aromatic rings. The van der Waals surface area contributed by atoms with Crippen LogP contribution in [0.1, 0.15) is 28.9 Å². The molecule has 1 aliphatic heterocycles. The van der Waals surface area contributed by atoms with Gasteiger partial charge in [-0.1, -0.05) is 30.3 Å².